The van der Waals surface area contributed by atoms with E-state index in [1.54, 1.807) is 6.07 Å². The van der Waals surface area contributed by atoms with Gasteiger partial charge in [0.25, 0.3) is 5.91 Å². The fraction of sp³-hybridized carbons (Fsp3) is 0.176. The van der Waals surface area contributed by atoms with Gasteiger partial charge in [-0.2, -0.15) is 5.10 Å². The van der Waals surface area contributed by atoms with Crippen LogP contribution in [0.3, 0.4) is 0 Å². The lowest BCUT2D eigenvalue weighted by Gasteiger charge is -2.07. The molecule has 3 N–H and O–H groups in total. The number of benzene rings is 2. The molecule has 0 atom stereocenters. The number of aromatic hydroxyl groups is 1. The molecule has 0 aliphatic rings. The average molecular weight is 392 g/mol. The van der Waals surface area contributed by atoms with Crippen LogP contribution in [-0.4, -0.2) is 30.9 Å². The SMILES string of the molecule is COc1c(O)cc(/C=N/NC(=O)CNc2cccc(C)c2)cc1Br. The Morgan fingerprint density at radius 1 is 1.38 bits per heavy atom. The van der Waals surface area contributed by atoms with Gasteiger partial charge in [-0.1, -0.05) is 12.1 Å². The molecule has 0 unspecified atom stereocenters. The molecule has 2 aromatic carbocycles. The zero-order chi connectivity index (χ0) is 17.5. The summed E-state index contributed by atoms with van der Waals surface area (Å²) in [5.74, 6) is 0.0591. The van der Waals surface area contributed by atoms with Gasteiger partial charge in [-0.05, 0) is 58.2 Å². The molecule has 2 rings (SSSR count). The number of rotatable bonds is 6. The second-order valence-corrected chi connectivity index (χ2v) is 5.93. The number of halogens is 1. The number of ether oxygens (including phenoxy) is 1. The predicted octanol–water partition coefficient (Wildman–Crippen LogP) is 3.03. The quantitative estimate of drug-likeness (QED) is 0.521. The third-order valence-electron chi connectivity index (χ3n) is 3.12. The summed E-state index contributed by atoms with van der Waals surface area (Å²) in [6, 6.07) is 11.0. The maximum absolute atomic E-state index is 11.8. The fourth-order valence-corrected chi connectivity index (χ4v) is 2.66. The highest BCUT2D eigenvalue weighted by molar-refractivity contribution is 9.10. The molecule has 0 aliphatic heterocycles. The number of amides is 1. The van der Waals surface area contributed by atoms with Crippen molar-refractivity contribution >= 4 is 33.7 Å². The summed E-state index contributed by atoms with van der Waals surface area (Å²) in [6.45, 7) is 2.09. The number of nitrogens with zero attached hydrogens (tertiary/aromatic N) is 1. The first-order valence-electron chi connectivity index (χ1n) is 7.18. The van der Waals surface area contributed by atoms with Crippen LogP contribution in [0.15, 0.2) is 46.0 Å². The molecule has 0 bridgehead atoms. The summed E-state index contributed by atoms with van der Waals surface area (Å²) in [5, 5.41) is 16.7. The molecule has 2 aromatic rings. The minimum atomic E-state index is -0.274. The number of aryl methyl sites for hydroxylation is 1. The van der Waals surface area contributed by atoms with Crippen molar-refractivity contribution < 1.29 is 14.6 Å². The molecule has 1 amide bonds. The van der Waals surface area contributed by atoms with Crippen LogP contribution in [0.25, 0.3) is 0 Å². The minimum absolute atomic E-state index is 0.0132. The average Bonchev–Trinajstić information content (AvgIpc) is 2.53. The topological polar surface area (TPSA) is 83.0 Å². The maximum atomic E-state index is 11.8. The van der Waals surface area contributed by atoms with Crippen molar-refractivity contribution in [2.24, 2.45) is 5.10 Å². The van der Waals surface area contributed by atoms with Gasteiger partial charge in [-0.15, -0.1) is 0 Å². The van der Waals surface area contributed by atoms with Crippen LogP contribution < -0.4 is 15.5 Å². The molecule has 6 nitrogen and oxygen atoms in total. The molecule has 0 radical (unpaired) electrons. The van der Waals surface area contributed by atoms with E-state index in [9.17, 15) is 9.90 Å². The van der Waals surface area contributed by atoms with Crippen LogP contribution >= 0.6 is 15.9 Å². The van der Waals surface area contributed by atoms with Gasteiger partial charge in [0.2, 0.25) is 0 Å². The number of hydrazone groups is 1. The minimum Gasteiger partial charge on any atom is -0.504 e. The summed E-state index contributed by atoms with van der Waals surface area (Å²) < 4.78 is 5.63. The molecule has 7 heteroatoms. The fourth-order valence-electron chi connectivity index (χ4n) is 2.03. The number of carbonyl (C=O) groups is 1. The first-order chi connectivity index (χ1) is 11.5. The molecule has 126 valence electrons. The van der Waals surface area contributed by atoms with E-state index in [0.717, 1.165) is 11.3 Å². The van der Waals surface area contributed by atoms with Gasteiger partial charge in [0.15, 0.2) is 11.5 Å². The number of hydrogen-bond acceptors (Lipinski definition) is 5. The van der Waals surface area contributed by atoms with Crippen LogP contribution in [0, 0.1) is 6.92 Å². The third kappa shape index (κ3) is 4.99. The summed E-state index contributed by atoms with van der Waals surface area (Å²) in [5.41, 5.74) is 5.03. The number of anilines is 1. The lowest BCUT2D eigenvalue weighted by molar-refractivity contribution is -0.119. The Kier molecular flexibility index (Phi) is 6.20. The molecule has 24 heavy (non-hydrogen) atoms. The Bertz CT molecular complexity index is 739. The zero-order valence-corrected chi connectivity index (χ0v) is 14.9. The van der Waals surface area contributed by atoms with Gasteiger partial charge in [0, 0.05) is 5.69 Å². The van der Waals surface area contributed by atoms with Gasteiger partial charge in [-0.25, -0.2) is 5.43 Å². The monoisotopic (exact) mass is 391 g/mol. The Morgan fingerprint density at radius 2 is 2.17 bits per heavy atom. The van der Waals surface area contributed by atoms with Gasteiger partial charge >= 0.3 is 0 Å². The number of hydrogen-bond donors (Lipinski definition) is 3. The highest BCUT2D eigenvalue weighted by Gasteiger charge is 2.07. The van der Waals surface area contributed by atoms with Crippen molar-refractivity contribution in [3.05, 3.63) is 52.0 Å². The second kappa shape index (κ2) is 8.35. The molecular formula is C17H18BrN3O3. The van der Waals surface area contributed by atoms with Crippen molar-refractivity contribution in [3.8, 4) is 11.5 Å². The van der Waals surface area contributed by atoms with E-state index in [4.69, 9.17) is 4.74 Å². The number of methoxy groups -OCH3 is 1. The molecule has 0 saturated heterocycles. The van der Waals surface area contributed by atoms with Crippen molar-refractivity contribution in [3.63, 3.8) is 0 Å². The van der Waals surface area contributed by atoms with Crippen LogP contribution in [0.5, 0.6) is 11.5 Å². The first-order valence-corrected chi connectivity index (χ1v) is 7.98. The predicted molar refractivity (Wildman–Crippen MR) is 97.8 cm³/mol. The van der Waals surface area contributed by atoms with E-state index < -0.39 is 0 Å². The lowest BCUT2D eigenvalue weighted by atomic mass is 10.2. The van der Waals surface area contributed by atoms with Gasteiger partial charge in [-0.3, -0.25) is 4.79 Å². The normalized spacial score (nSPS) is 10.6. The van der Waals surface area contributed by atoms with E-state index in [-0.39, 0.29) is 18.2 Å². The summed E-state index contributed by atoms with van der Waals surface area (Å²) in [7, 11) is 1.47. The molecule has 0 saturated carbocycles. The Labute approximate surface area is 148 Å². The van der Waals surface area contributed by atoms with Crippen molar-refractivity contribution in [2.75, 3.05) is 19.0 Å². The van der Waals surface area contributed by atoms with E-state index in [2.05, 4.69) is 31.8 Å². The highest BCUT2D eigenvalue weighted by Crippen LogP contribution is 2.34. The van der Waals surface area contributed by atoms with E-state index in [1.165, 1.54) is 19.4 Å². The van der Waals surface area contributed by atoms with E-state index >= 15 is 0 Å². The van der Waals surface area contributed by atoms with Crippen LogP contribution in [0.1, 0.15) is 11.1 Å². The van der Waals surface area contributed by atoms with E-state index in [1.807, 2.05) is 31.2 Å². The zero-order valence-electron chi connectivity index (χ0n) is 13.3. The Morgan fingerprint density at radius 3 is 2.83 bits per heavy atom. The maximum Gasteiger partial charge on any atom is 0.259 e. The molecule has 0 spiro atoms. The van der Waals surface area contributed by atoms with Crippen LogP contribution in [-0.2, 0) is 4.79 Å². The smallest absolute Gasteiger partial charge is 0.259 e. The number of phenols is 1. The molecule has 0 fully saturated rings. The molecule has 0 heterocycles. The number of phenolic OH excluding ortho intramolecular Hbond substituents is 1. The van der Waals surface area contributed by atoms with Gasteiger partial charge in [0.1, 0.15) is 0 Å². The molecule has 0 aromatic heterocycles. The third-order valence-corrected chi connectivity index (χ3v) is 3.71. The van der Waals surface area contributed by atoms with Crippen molar-refractivity contribution in [1.82, 2.24) is 5.43 Å². The van der Waals surface area contributed by atoms with Crippen molar-refractivity contribution in [1.29, 1.82) is 0 Å². The largest absolute Gasteiger partial charge is 0.504 e. The van der Waals surface area contributed by atoms with Gasteiger partial charge < -0.3 is 15.2 Å². The number of nitrogens with one attached hydrogen (secondary N) is 2. The van der Waals surface area contributed by atoms with E-state index in [0.29, 0.717) is 15.8 Å². The second-order valence-electron chi connectivity index (χ2n) is 5.07. The van der Waals surface area contributed by atoms with Crippen LogP contribution in [0.2, 0.25) is 0 Å². The standard InChI is InChI=1S/C17H18BrN3O3/c1-11-4-3-5-13(6-11)19-10-16(23)21-20-9-12-7-14(18)17(24-2)15(22)8-12/h3-9,19,22H,10H2,1-2H3,(H,21,23)/b20-9+. The van der Waals surface area contributed by atoms with Crippen LogP contribution in [0.4, 0.5) is 5.69 Å². The Hall–Kier alpha value is -2.54. The molecule has 0 aliphatic carbocycles. The highest BCUT2D eigenvalue weighted by atomic mass is 79.9. The van der Waals surface area contributed by atoms with Gasteiger partial charge in [0.05, 0.1) is 24.3 Å². The summed E-state index contributed by atoms with van der Waals surface area (Å²) in [6.07, 6.45) is 1.44. The molecular weight excluding hydrogens is 374 g/mol. The van der Waals surface area contributed by atoms with Crippen molar-refractivity contribution in [2.45, 2.75) is 6.92 Å². The lowest BCUT2D eigenvalue weighted by Crippen LogP contribution is -2.25. The Balaban J connectivity index is 1.88. The summed E-state index contributed by atoms with van der Waals surface area (Å²) >= 11 is 3.29. The number of carbonyl (C=O) groups excluding carboxylic acids is 1. The summed E-state index contributed by atoms with van der Waals surface area (Å²) in [4.78, 5) is 11.8. The first kappa shape index (κ1) is 17.8.